The fourth-order valence-electron chi connectivity index (χ4n) is 3.35. The minimum atomic E-state index is -0.395. The summed E-state index contributed by atoms with van der Waals surface area (Å²) in [5.74, 6) is 0.240. The van der Waals surface area contributed by atoms with Crippen LogP contribution < -0.4 is 0 Å². The summed E-state index contributed by atoms with van der Waals surface area (Å²) in [6.07, 6.45) is 6.82. The van der Waals surface area contributed by atoms with E-state index in [0.717, 1.165) is 35.8 Å². The number of pyridine rings is 1. The lowest BCUT2D eigenvalue weighted by molar-refractivity contribution is 0.0649. The van der Waals surface area contributed by atoms with Gasteiger partial charge in [-0.1, -0.05) is 25.1 Å². The van der Waals surface area contributed by atoms with Crippen molar-refractivity contribution in [3.8, 4) is 0 Å². The molecule has 1 aliphatic heterocycles. The van der Waals surface area contributed by atoms with Crippen molar-refractivity contribution in [1.82, 2.24) is 9.88 Å². The van der Waals surface area contributed by atoms with Crippen LogP contribution in [0.15, 0.2) is 36.7 Å². The Morgan fingerprint density at radius 1 is 1.29 bits per heavy atom. The van der Waals surface area contributed by atoms with Gasteiger partial charge in [0.25, 0.3) is 0 Å². The van der Waals surface area contributed by atoms with Crippen LogP contribution in [-0.2, 0) is 0 Å². The Kier molecular flexibility index (Phi) is 3.77. The van der Waals surface area contributed by atoms with Gasteiger partial charge in [0, 0.05) is 23.3 Å². The van der Waals surface area contributed by atoms with Crippen LogP contribution in [0.1, 0.15) is 43.5 Å². The molecule has 0 saturated carbocycles. The molecule has 1 fully saturated rings. The molecular formula is C18H22N2O. The molecule has 0 aliphatic carbocycles. The molecule has 0 N–H and O–H groups in total. The number of hydrogen-bond donors (Lipinski definition) is 0. The van der Waals surface area contributed by atoms with Crippen LogP contribution in [0.2, 0.25) is 0 Å². The molecule has 1 saturated heterocycles. The van der Waals surface area contributed by atoms with Gasteiger partial charge in [0.2, 0.25) is 0 Å². The first-order chi connectivity index (χ1) is 10.2. The van der Waals surface area contributed by atoms with Gasteiger partial charge in [0.05, 0.1) is 5.54 Å². The Hall–Kier alpha value is -1.74. The zero-order valence-corrected chi connectivity index (χ0v) is 12.8. The van der Waals surface area contributed by atoms with Gasteiger partial charge in [-0.15, -0.1) is 0 Å². The van der Waals surface area contributed by atoms with E-state index < -0.39 is 5.54 Å². The third kappa shape index (κ3) is 2.36. The quantitative estimate of drug-likeness (QED) is 0.802. The molecule has 0 bridgehead atoms. The number of carbonyl (C=O) groups is 1. The maximum Gasteiger partial charge on any atom is 0.183 e. The summed E-state index contributed by atoms with van der Waals surface area (Å²) in [6, 6.07) is 7.87. The van der Waals surface area contributed by atoms with Crippen molar-refractivity contribution in [2.75, 3.05) is 13.1 Å². The Morgan fingerprint density at radius 2 is 2.05 bits per heavy atom. The molecule has 2 heterocycles. The lowest BCUT2D eigenvalue weighted by atomic mass is 9.85. The Morgan fingerprint density at radius 3 is 2.76 bits per heavy atom. The molecule has 2 aromatic rings. The Labute approximate surface area is 126 Å². The smallest absolute Gasteiger partial charge is 0.183 e. The highest BCUT2D eigenvalue weighted by molar-refractivity contribution is 6.12. The molecule has 110 valence electrons. The molecule has 1 aliphatic rings. The second kappa shape index (κ2) is 5.57. The fraction of sp³-hybridized carbons (Fsp3) is 0.444. The van der Waals surface area contributed by atoms with E-state index in [-0.39, 0.29) is 5.78 Å². The number of benzene rings is 1. The first-order valence-electron chi connectivity index (χ1n) is 7.79. The minimum Gasteiger partial charge on any atom is -0.292 e. The van der Waals surface area contributed by atoms with Crippen molar-refractivity contribution in [3.63, 3.8) is 0 Å². The number of ketones is 1. The van der Waals surface area contributed by atoms with E-state index in [1.165, 1.54) is 12.8 Å². The van der Waals surface area contributed by atoms with E-state index in [4.69, 9.17) is 0 Å². The molecule has 1 aromatic carbocycles. The summed E-state index contributed by atoms with van der Waals surface area (Å²) in [4.78, 5) is 19.7. The molecule has 1 unspecified atom stereocenters. The van der Waals surface area contributed by atoms with Gasteiger partial charge in [-0.05, 0) is 50.7 Å². The zero-order valence-electron chi connectivity index (χ0n) is 12.8. The van der Waals surface area contributed by atoms with Crippen molar-refractivity contribution >= 4 is 16.6 Å². The predicted molar refractivity (Wildman–Crippen MR) is 85.6 cm³/mol. The average molecular weight is 282 g/mol. The summed E-state index contributed by atoms with van der Waals surface area (Å²) >= 11 is 0. The molecule has 3 nitrogen and oxygen atoms in total. The van der Waals surface area contributed by atoms with Crippen LogP contribution in [0.25, 0.3) is 10.8 Å². The van der Waals surface area contributed by atoms with Gasteiger partial charge in [0.1, 0.15) is 0 Å². The van der Waals surface area contributed by atoms with E-state index in [9.17, 15) is 4.79 Å². The maximum absolute atomic E-state index is 13.2. The highest BCUT2D eigenvalue weighted by Gasteiger charge is 2.39. The topological polar surface area (TPSA) is 33.2 Å². The van der Waals surface area contributed by atoms with Gasteiger partial charge >= 0.3 is 0 Å². The minimum absolute atomic E-state index is 0.240. The van der Waals surface area contributed by atoms with Gasteiger partial charge in [-0.25, -0.2) is 0 Å². The lowest BCUT2D eigenvalue weighted by Gasteiger charge is -2.37. The monoisotopic (exact) mass is 282 g/mol. The van der Waals surface area contributed by atoms with Crippen molar-refractivity contribution in [2.24, 2.45) is 0 Å². The molecule has 3 rings (SSSR count). The van der Waals surface area contributed by atoms with E-state index in [0.29, 0.717) is 0 Å². The van der Waals surface area contributed by atoms with Gasteiger partial charge in [-0.2, -0.15) is 0 Å². The van der Waals surface area contributed by atoms with E-state index in [1.54, 1.807) is 6.20 Å². The van der Waals surface area contributed by atoms with Crippen LogP contribution in [0.4, 0.5) is 0 Å². The van der Waals surface area contributed by atoms with Crippen LogP contribution in [0, 0.1) is 0 Å². The number of aromatic nitrogens is 1. The number of Topliss-reactive ketones (excluding diaryl/α,β-unsaturated/α-hetero) is 1. The first kappa shape index (κ1) is 14.2. The van der Waals surface area contributed by atoms with Crippen LogP contribution >= 0.6 is 0 Å². The van der Waals surface area contributed by atoms with Gasteiger partial charge in [-0.3, -0.25) is 14.7 Å². The maximum atomic E-state index is 13.2. The molecular weight excluding hydrogens is 260 g/mol. The average Bonchev–Trinajstić information content (AvgIpc) is 3.08. The summed E-state index contributed by atoms with van der Waals surface area (Å²) in [7, 11) is 0. The van der Waals surface area contributed by atoms with Crippen molar-refractivity contribution in [1.29, 1.82) is 0 Å². The van der Waals surface area contributed by atoms with Crippen molar-refractivity contribution in [3.05, 3.63) is 42.2 Å². The number of carbonyl (C=O) groups excluding carboxylic acids is 1. The molecule has 3 heteroatoms. The standard InChI is InChI=1S/C18H22N2O/c1-3-18(2,20-11-4-5-12-20)17(21)16-8-6-7-14-13-19-10-9-15(14)16/h6-10,13H,3-5,11-12H2,1-2H3. The zero-order chi connectivity index (χ0) is 14.9. The lowest BCUT2D eigenvalue weighted by Crippen LogP contribution is -2.50. The summed E-state index contributed by atoms with van der Waals surface area (Å²) in [5, 5.41) is 2.04. The first-order valence-corrected chi connectivity index (χ1v) is 7.79. The van der Waals surface area contributed by atoms with E-state index >= 15 is 0 Å². The largest absolute Gasteiger partial charge is 0.292 e. The Balaban J connectivity index is 2.06. The number of fused-ring (bicyclic) bond motifs is 1. The number of hydrogen-bond acceptors (Lipinski definition) is 3. The molecule has 0 amide bonds. The molecule has 1 atom stereocenters. The third-order valence-corrected chi connectivity index (χ3v) is 4.91. The van der Waals surface area contributed by atoms with Crippen LogP contribution in [0.3, 0.4) is 0 Å². The molecule has 21 heavy (non-hydrogen) atoms. The second-order valence-electron chi connectivity index (χ2n) is 6.05. The van der Waals surface area contributed by atoms with E-state index in [1.807, 2.05) is 30.5 Å². The van der Waals surface area contributed by atoms with Crippen LogP contribution in [-0.4, -0.2) is 34.3 Å². The van der Waals surface area contributed by atoms with Crippen LogP contribution in [0.5, 0.6) is 0 Å². The van der Waals surface area contributed by atoms with Gasteiger partial charge in [0.15, 0.2) is 5.78 Å². The van der Waals surface area contributed by atoms with Gasteiger partial charge < -0.3 is 0 Å². The molecule has 0 radical (unpaired) electrons. The van der Waals surface area contributed by atoms with E-state index in [2.05, 4.69) is 23.7 Å². The Bertz CT molecular complexity index is 656. The number of nitrogens with zero attached hydrogens (tertiary/aromatic N) is 2. The normalized spacial score (nSPS) is 18.8. The third-order valence-electron chi connectivity index (χ3n) is 4.91. The highest BCUT2D eigenvalue weighted by atomic mass is 16.1. The fourth-order valence-corrected chi connectivity index (χ4v) is 3.35. The predicted octanol–water partition coefficient (Wildman–Crippen LogP) is 3.68. The van der Waals surface area contributed by atoms with Crippen molar-refractivity contribution < 1.29 is 4.79 Å². The summed E-state index contributed by atoms with van der Waals surface area (Å²) in [6.45, 7) is 6.27. The highest BCUT2D eigenvalue weighted by Crippen LogP contribution is 2.30. The summed E-state index contributed by atoms with van der Waals surface area (Å²) < 4.78 is 0. The SMILES string of the molecule is CCC(C)(C(=O)c1cccc2cnccc12)N1CCCC1. The van der Waals surface area contributed by atoms with Crippen molar-refractivity contribution in [2.45, 2.75) is 38.6 Å². The number of rotatable bonds is 4. The second-order valence-corrected chi connectivity index (χ2v) is 6.05. The number of likely N-dealkylation sites (tertiary alicyclic amines) is 1. The molecule has 0 spiro atoms. The molecule has 1 aromatic heterocycles. The summed E-state index contributed by atoms with van der Waals surface area (Å²) in [5.41, 5.74) is 0.430.